The summed E-state index contributed by atoms with van der Waals surface area (Å²) in [5.41, 5.74) is 0. The Bertz CT molecular complexity index is 81.7. The number of rotatable bonds is 10. The Kier molecular flexibility index (Phi) is 21.6. The summed E-state index contributed by atoms with van der Waals surface area (Å²) in [6.07, 6.45) is 14.3. The van der Waals surface area contributed by atoms with Crippen LogP contribution in [-0.4, -0.2) is 5.33 Å². The minimum absolute atomic E-state index is 0. The van der Waals surface area contributed by atoms with Crippen molar-refractivity contribution in [1.29, 1.82) is 0 Å². The second-order valence-electron chi connectivity index (χ2n) is 3.87. The number of unbranched alkanes of at least 4 members (excludes halogenated alkanes) is 9. The minimum atomic E-state index is 0. The third-order valence-electron chi connectivity index (χ3n) is 2.49. The van der Waals surface area contributed by atoms with Crippen LogP contribution in [-0.2, 0) is 0 Å². The van der Waals surface area contributed by atoms with Crippen molar-refractivity contribution < 1.29 is 31.0 Å². The molecule has 0 bridgehead atoms. The number of hydrogen-bond acceptors (Lipinski definition) is 0. The van der Waals surface area contributed by atoms with E-state index in [0.717, 1.165) is 0 Å². The molecule has 0 spiro atoms. The monoisotopic (exact) mass is 272 g/mol. The summed E-state index contributed by atoms with van der Waals surface area (Å²) >= 11 is 3.46. The fourth-order valence-corrected chi connectivity index (χ4v) is 1.98. The Balaban J connectivity index is -0.000000720. The van der Waals surface area contributed by atoms with Crippen LogP contribution in [0, 0.1) is 0 Å². The average Bonchev–Trinajstić information content (AvgIpc) is 2.16. The van der Waals surface area contributed by atoms with Crippen LogP contribution in [0.15, 0.2) is 0 Å². The number of hydrogen-bond donors (Lipinski definition) is 0. The molecule has 0 atom stereocenters. The molecule has 0 saturated heterocycles. The van der Waals surface area contributed by atoms with Gasteiger partial charge in [0, 0.05) is 5.33 Å². The second-order valence-corrected chi connectivity index (χ2v) is 4.66. The summed E-state index contributed by atoms with van der Waals surface area (Å²) in [6, 6.07) is 0. The van der Waals surface area contributed by atoms with Crippen LogP contribution in [0.2, 0.25) is 0 Å². The molecule has 0 aliphatic heterocycles. The molecule has 2 heteroatoms. The van der Waals surface area contributed by atoms with Gasteiger partial charge in [-0.05, 0) is 6.42 Å². The van der Waals surface area contributed by atoms with E-state index in [1.807, 2.05) is 0 Å². The smallest absolute Gasteiger partial charge is 1.00 e. The third-order valence-corrected chi connectivity index (χ3v) is 3.05. The van der Waals surface area contributed by atoms with Crippen LogP contribution in [0.5, 0.6) is 0 Å². The van der Waals surface area contributed by atoms with Crippen LogP contribution in [0.3, 0.4) is 0 Å². The van der Waals surface area contributed by atoms with Gasteiger partial charge in [-0.2, -0.15) is 0 Å². The van der Waals surface area contributed by atoms with Crippen LogP contribution in [0.25, 0.3) is 0 Å². The van der Waals surface area contributed by atoms with Crippen LogP contribution in [0.4, 0.5) is 0 Å². The van der Waals surface area contributed by atoms with Gasteiger partial charge < -0.3 is 1.43 Å². The Labute approximate surface area is 123 Å². The molecule has 0 saturated carbocycles. The SMILES string of the molecule is CCCCCCCCCCCCBr.[H-].[Na+]. The molecule has 14 heavy (non-hydrogen) atoms. The predicted octanol–water partition coefficient (Wildman–Crippen LogP) is 2.42. The van der Waals surface area contributed by atoms with Gasteiger partial charge >= 0.3 is 29.6 Å². The molecule has 0 fully saturated rings. The fraction of sp³-hybridized carbons (Fsp3) is 1.00. The van der Waals surface area contributed by atoms with Gasteiger partial charge in [0.15, 0.2) is 0 Å². The van der Waals surface area contributed by atoms with Gasteiger partial charge in [-0.25, -0.2) is 0 Å². The molecule has 0 heterocycles. The standard InChI is InChI=1S/C12H25Br.Na.H/c1-2-3-4-5-6-7-8-9-10-11-12-13;;/h2-12H2,1H3;;/q;+1;-1. The second kappa shape index (κ2) is 16.9. The molecule has 0 aromatic heterocycles. The van der Waals surface area contributed by atoms with Crippen molar-refractivity contribution in [3.05, 3.63) is 0 Å². The zero-order chi connectivity index (χ0) is 9.78. The van der Waals surface area contributed by atoms with E-state index in [4.69, 9.17) is 0 Å². The van der Waals surface area contributed by atoms with E-state index in [1.54, 1.807) is 0 Å². The predicted molar refractivity (Wildman–Crippen MR) is 66.8 cm³/mol. The van der Waals surface area contributed by atoms with Gasteiger partial charge in [0.1, 0.15) is 0 Å². The van der Waals surface area contributed by atoms with E-state index >= 15 is 0 Å². The van der Waals surface area contributed by atoms with E-state index in [0.29, 0.717) is 0 Å². The molecular weight excluding hydrogens is 247 g/mol. The van der Waals surface area contributed by atoms with Crippen molar-refractivity contribution >= 4 is 15.9 Å². The van der Waals surface area contributed by atoms with Gasteiger partial charge in [0.25, 0.3) is 0 Å². The van der Waals surface area contributed by atoms with Gasteiger partial charge in [-0.15, -0.1) is 0 Å². The topological polar surface area (TPSA) is 0 Å². The normalized spacial score (nSPS) is 9.86. The molecular formula is C12H26BrNa. The molecule has 0 radical (unpaired) electrons. The largest absolute Gasteiger partial charge is 1.00 e. The molecule has 82 valence electrons. The maximum absolute atomic E-state index is 3.46. The zero-order valence-corrected chi connectivity index (χ0v) is 13.7. The molecule has 0 aliphatic rings. The summed E-state index contributed by atoms with van der Waals surface area (Å²) in [4.78, 5) is 0. The first-order chi connectivity index (χ1) is 6.41. The van der Waals surface area contributed by atoms with E-state index in [1.165, 1.54) is 69.5 Å². The van der Waals surface area contributed by atoms with Crippen molar-refractivity contribution in [2.75, 3.05) is 5.33 Å². The van der Waals surface area contributed by atoms with Crippen LogP contribution >= 0.6 is 15.9 Å². The van der Waals surface area contributed by atoms with Gasteiger partial charge in [0.2, 0.25) is 0 Å². The summed E-state index contributed by atoms with van der Waals surface area (Å²) in [7, 11) is 0. The Morgan fingerprint density at radius 3 is 1.43 bits per heavy atom. The molecule has 0 N–H and O–H groups in total. The van der Waals surface area contributed by atoms with E-state index in [2.05, 4.69) is 22.9 Å². The van der Waals surface area contributed by atoms with E-state index < -0.39 is 0 Å². The molecule has 0 aliphatic carbocycles. The summed E-state index contributed by atoms with van der Waals surface area (Å²) in [5, 5.41) is 1.18. The van der Waals surface area contributed by atoms with Crippen molar-refractivity contribution in [3.8, 4) is 0 Å². The molecule has 0 nitrogen and oxygen atoms in total. The molecule has 0 unspecified atom stereocenters. The average molecular weight is 273 g/mol. The fourth-order valence-electron chi connectivity index (χ4n) is 1.58. The first-order valence-electron chi connectivity index (χ1n) is 5.97. The summed E-state index contributed by atoms with van der Waals surface area (Å²) in [5.74, 6) is 0. The van der Waals surface area contributed by atoms with Gasteiger partial charge in [-0.3, -0.25) is 0 Å². The molecule has 0 aromatic carbocycles. The van der Waals surface area contributed by atoms with Crippen molar-refractivity contribution in [1.82, 2.24) is 0 Å². The quantitative estimate of drug-likeness (QED) is 0.326. The summed E-state index contributed by atoms with van der Waals surface area (Å²) in [6.45, 7) is 2.28. The van der Waals surface area contributed by atoms with E-state index in [-0.39, 0.29) is 31.0 Å². The Morgan fingerprint density at radius 1 is 0.714 bits per heavy atom. The van der Waals surface area contributed by atoms with Crippen LogP contribution in [0.1, 0.15) is 72.6 Å². The number of halogens is 1. The maximum Gasteiger partial charge on any atom is 1.00 e. The molecule has 0 rings (SSSR count). The maximum atomic E-state index is 3.46. The van der Waals surface area contributed by atoms with Gasteiger partial charge in [-0.1, -0.05) is 80.6 Å². The molecule has 0 aromatic rings. The first kappa shape index (κ1) is 17.9. The van der Waals surface area contributed by atoms with Crippen molar-refractivity contribution in [3.63, 3.8) is 0 Å². The Morgan fingerprint density at radius 2 is 1.07 bits per heavy atom. The third kappa shape index (κ3) is 15.9. The van der Waals surface area contributed by atoms with Crippen molar-refractivity contribution in [2.24, 2.45) is 0 Å². The van der Waals surface area contributed by atoms with Crippen LogP contribution < -0.4 is 29.6 Å². The zero-order valence-electron chi connectivity index (χ0n) is 11.2. The van der Waals surface area contributed by atoms with E-state index in [9.17, 15) is 0 Å². The minimum Gasteiger partial charge on any atom is -1.00 e. The summed E-state index contributed by atoms with van der Waals surface area (Å²) < 4.78 is 0. The van der Waals surface area contributed by atoms with Crippen molar-refractivity contribution in [2.45, 2.75) is 71.1 Å². The number of alkyl halides is 1. The van der Waals surface area contributed by atoms with Gasteiger partial charge in [0.05, 0.1) is 0 Å². The first-order valence-corrected chi connectivity index (χ1v) is 7.10. The molecule has 0 amide bonds. The Hall–Kier alpha value is 1.48.